The van der Waals surface area contributed by atoms with Gasteiger partial charge in [-0.2, -0.15) is 9.37 Å². The Labute approximate surface area is 169 Å². The molecular formula is C19H21ClN2O5S. The molecule has 0 aliphatic carbocycles. The second-order valence-electron chi connectivity index (χ2n) is 6.47. The summed E-state index contributed by atoms with van der Waals surface area (Å²) in [5.74, 6) is 0.0196. The molecule has 3 rings (SSSR count). The highest BCUT2D eigenvalue weighted by Crippen LogP contribution is 2.30. The molecule has 0 unspecified atom stereocenters. The van der Waals surface area contributed by atoms with Crippen molar-refractivity contribution < 1.29 is 23.2 Å². The van der Waals surface area contributed by atoms with Crippen LogP contribution in [0.15, 0.2) is 53.4 Å². The molecule has 0 saturated carbocycles. The number of carbonyl (C=O) groups is 1. The van der Waals surface area contributed by atoms with Crippen LogP contribution in [0.1, 0.15) is 19.8 Å². The highest BCUT2D eigenvalue weighted by Gasteiger charge is 2.33. The number of hydroxylamine groups is 1. The van der Waals surface area contributed by atoms with Crippen LogP contribution in [0.3, 0.4) is 0 Å². The summed E-state index contributed by atoms with van der Waals surface area (Å²) in [6.07, 6.45) is 0.952. The van der Waals surface area contributed by atoms with E-state index in [9.17, 15) is 18.4 Å². The predicted molar refractivity (Wildman–Crippen MR) is 105 cm³/mol. The third-order valence-electron chi connectivity index (χ3n) is 4.53. The van der Waals surface area contributed by atoms with Gasteiger partial charge in [0.05, 0.1) is 5.69 Å². The van der Waals surface area contributed by atoms with Gasteiger partial charge in [0.25, 0.3) is 0 Å². The average Bonchev–Trinajstić information content (AvgIpc) is 2.69. The molecule has 1 aliphatic heterocycles. The summed E-state index contributed by atoms with van der Waals surface area (Å²) in [6, 6.07) is 12.9. The van der Waals surface area contributed by atoms with E-state index in [1.165, 1.54) is 16.4 Å². The Bertz CT molecular complexity index is 941. The largest absolute Gasteiger partial charge is 0.490 e. The number of amides is 1. The first-order valence-corrected chi connectivity index (χ1v) is 10.6. The maximum atomic E-state index is 13.1. The molecule has 7 nitrogen and oxygen atoms in total. The fourth-order valence-corrected chi connectivity index (χ4v) is 4.82. The number of nitrogens with zero attached hydrogens (tertiary/aromatic N) is 2. The van der Waals surface area contributed by atoms with Gasteiger partial charge in [0, 0.05) is 25.0 Å². The first-order chi connectivity index (χ1) is 13.3. The van der Waals surface area contributed by atoms with Crippen molar-refractivity contribution in [1.29, 1.82) is 0 Å². The lowest BCUT2D eigenvalue weighted by atomic mass is 10.1. The minimum absolute atomic E-state index is 0.0606. The van der Waals surface area contributed by atoms with Crippen LogP contribution >= 0.6 is 11.6 Å². The number of piperidine rings is 1. The van der Waals surface area contributed by atoms with Crippen LogP contribution in [-0.4, -0.2) is 43.0 Å². The number of halogens is 1. The molecule has 2 aromatic carbocycles. The smallest absolute Gasteiger partial charge is 0.247 e. The highest BCUT2D eigenvalue weighted by molar-refractivity contribution is 7.89. The zero-order valence-corrected chi connectivity index (χ0v) is 16.9. The lowest BCUT2D eigenvalue weighted by Crippen LogP contribution is -2.42. The molecule has 0 aromatic heterocycles. The van der Waals surface area contributed by atoms with Gasteiger partial charge >= 0.3 is 0 Å². The van der Waals surface area contributed by atoms with Crippen molar-refractivity contribution in [3.05, 3.63) is 53.6 Å². The molecular weight excluding hydrogens is 404 g/mol. The summed E-state index contributed by atoms with van der Waals surface area (Å²) in [5.41, 5.74) is -0.0606. The highest BCUT2D eigenvalue weighted by atomic mass is 35.5. The van der Waals surface area contributed by atoms with E-state index >= 15 is 0 Å². The molecule has 150 valence electrons. The van der Waals surface area contributed by atoms with Gasteiger partial charge in [-0.15, -0.1) is 0 Å². The Balaban J connectivity index is 1.71. The van der Waals surface area contributed by atoms with E-state index in [1.807, 2.05) is 0 Å². The number of sulfonamides is 1. The van der Waals surface area contributed by atoms with Gasteiger partial charge in [0.1, 0.15) is 16.7 Å². The molecule has 28 heavy (non-hydrogen) atoms. The number of hydrogen-bond donors (Lipinski definition) is 1. The van der Waals surface area contributed by atoms with E-state index in [1.54, 1.807) is 36.4 Å². The van der Waals surface area contributed by atoms with Crippen molar-refractivity contribution in [3.63, 3.8) is 0 Å². The molecule has 0 spiro atoms. The van der Waals surface area contributed by atoms with Crippen molar-refractivity contribution in [2.24, 2.45) is 0 Å². The molecule has 1 fully saturated rings. The molecule has 1 amide bonds. The second kappa shape index (κ2) is 8.48. The molecule has 1 N–H and O–H groups in total. The Hall–Kier alpha value is -2.13. The summed E-state index contributed by atoms with van der Waals surface area (Å²) in [4.78, 5) is 11.4. The van der Waals surface area contributed by atoms with Gasteiger partial charge in [-0.25, -0.2) is 8.42 Å². The van der Waals surface area contributed by atoms with Gasteiger partial charge in [0.2, 0.25) is 15.9 Å². The van der Waals surface area contributed by atoms with Crippen molar-refractivity contribution in [3.8, 4) is 5.75 Å². The molecule has 2 aromatic rings. The van der Waals surface area contributed by atoms with Crippen molar-refractivity contribution in [2.75, 3.05) is 18.2 Å². The number of benzene rings is 2. The molecule has 1 aliphatic rings. The summed E-state index contributed by atoms with van der Waals surface area (Å²) in [7, 11) is -3.87. The van der Waals surface area contributed by atoms with Crippen molar-refractivity contribution in [2.45, 2.75) is 30.8 Å². The zero-order chi connectivity index (χ0) is 20.3. The molecule has 0 atom stereocenters. The third-order valence-corrected chi connectivity index (χ3v) is 6.72. The predicted octanol–water partition coefficient (Wildman–Crippen LogP) is 3.31. The Morgan fingerprint density at radius 1 is 1.14 bits per heavy atom. The van der Waals surface area contributed by atoms with E-state index in [4.69, 9.17) is 16.3 Å². The molecule has 1 heterocycles. The standard InChI is InChI=1S/C19H21ClN2O5S/c1-14(23)22(24)18-4-2-3-5-19(18)28(25,26)21-12-10-17(11-13-21)27-16-8-6-15(20)7-9-16/h2-9,17,24H,10-13H2,1H3. The monoisotopic (exact) mass is 424 g/mol. The van der Waals surface area contributed by atoms with Gasteiger partial charge in [-0.3, -0.25) is 10.0 Å². The Morgan fingerprint density at radius 3 is 2.36 bits per heavy atom. The number of carbonyl (C=O) groups excluding carboxylic acids is 1. The SMILES string of the molecule is CC(=O)N(O)c1ccccc1S(=O)(=O)N1CCC(Oc2ccc(Cl)cc2)CC1. The van der Waals surface area contributed by atoms with Gasteiger partial charge in [0.15, 0.2) is 0 Å². The molecule has 0 bridgehead atoms. The number of ether oxygens (including phenoxy) is 1. The summed E-state index contributed by atoms with van der Waals surface area (Å²) in [5, 5.41) is 10.9. The Morgan fingerprint density at radius 2 is 1.75 bits per heavy atom. The van der Waals surface area contributed by atoms with Crippen molar-refractivity contribution in [1.82, 2.24) is 4.31 Å². The van der Waals surface area contributed by atoms with E-state index in [-0.39, 0.29) is 29.8 Å². The topological polar surface area (TPSA) is 87.2 Å². The zero-order valence-electron chi connectivity index (χ0n) is 15.3. The van der Waals surface area contributed by atoms with Crippen LogP contribution < -0.4 is 9.80 Å². The number of anilines is 1. The van der Waals surface area contributed by atoms with Gasteiger partial charge in [-0.05, 0) is 49.2 Å². The summed E-state index contributed by atoms with van der Waals surface area (Å²) < 4.78 is 33.4. The van der Waals surface area contributed by atoms with Crippen LogP contribution in [0.5, 0.6) is 5.75 Å². The van der Waals surface area contributed by atoms with Crippen LogP contribution in [0.2, 0.25) is 5.02 Å². The van der Waals surface area contributed by atoms with Crippen LogP contribution in [0, 0.1) is 0 Å². The van der Waals surface area contributed by atoms with Crippen LogP contribution in [0.4, 0.5) is 5.69 Å². The molecule has 9 heteroatoms. The van der Waals surface area contributed by atoms with Crippen LogP contribution in [-0.2, 0) is 14.8 Å². The summed E-state index contributed by atoms with van der Waals surface area (Å²) >= 11 is 5.87. The average molecular weight is 425 g/mol. The normalized spacial score (nSPS) is 16.0. The third kappa shape index (κ3) is 4.47. The van der Waals surface area contributed by atoms with Gasteiger partial charge < -0.3 is 4.74 Å². The number of hydrogen-bond acceptors (Lipinski definition) is 5. The minimum Gasteiger partial charge on any atom is -0.490 e. The number of para-hydroxylation sites is 1. The molecule has 1 saturated heterocycles. The second-order valence-corrected chi connectivity index (χ2v) is 8.82. The van der Waals surface area contributed by atoms with E-state index in [0.29, 0.717) is 28.7 Å². The minimum atomic E-state index is -3.87. The van der Waals surface area contributed by atoms with Crippen LogP contribution in [0.25, 0.3) is 0 Å². The van der Waals surface area contributed by atoms with E-state index < -0.39 is 15.9 Å². The van der Waals surface area contributed by atoms with E-state index in [2.05, 4.69) is 0 Å². The maximum absolute atomic E-state index is 13.1. The van der Waals surface area contributed by atoms with E-state index in [0.717, 1.165) is 6.92 Å². The fraction of sp³-hybridized carbons (Fsp3) is 0.316. The maximum Gasteiger partial charge on any atom is 0.247 e. The quantitative estimate of drug-likeness (QED) is 0.587. The van der Waals surface area contributed by atoms with Crippen molar-refractivity contribution >= 4 is 33.2 Å². The fourth-order valence-electron chi connectivity index (χ4n) is 3.05. The van der Waals surface area contributed by atoms with Gasteiger partial charge in [-0.1, -0.05) is 23.7 Å². The first kappa shape index (κ1) is 20.6. The lowest BCUT2D eigenvalue weighted by molar-refractivity contribution is -0.121. The first-order valence-electron chi connectivity index (χ1n) is 8.80. The lowest BCUT2D eigenvalue weighted by Gasteiger charge is -2.32. The Kier molecular flexibility index (Phi) is 6.24. The summed E-state index contributed by atoms with van der Waals surface area (Å²) in [6.45, 7) is 1.71. The number of rotatable bonds is 5. The molecule has 0 radical (unpaired) electrons.